The van der Waals surface area contributed by atoms with Crippen LogP contribution in [-0.4, -0.2) is 25.8 Å². The van der Waals surface area contributed by atoms with Crippen molar-refractivity contribution in [2.24, 2.45) is 0 Å². The molecule has 0 saturated heterocycles. The third-order valence-corrected chi connectivity index (χ3v) is 5.60. The molecule has 0 fully saturated rings. The summed E-state index contributed by atoms with van der Waals surface area (Å²) in [6.45, 7) is 0.459. The van der Waals surface area contributed by atoms with Crippen molar-refractivity contribution >= 4 is 10.0 Å². The number of ether oxygens (including phenoxy) is 1. The number of nitrogens with zero attached hydrogens (tertiary/aromatic N) is 1. The van der Waals surface area contributed by atoms with Crippen molar-refractivity contribution in [3.05, 3.63) is 72.4 Å². The molecule has 0 radical (unpaired) electrons. The molecule has 1 heterocycles. The van der Waals surface area contributed by atoms with Crippen molar-refractivity contribution in [1.29, 1.82) is 0 Å². The third-order valence-electron chi connectivity index (χ3n) is 3.91. The molecule has 0 saturated carbocycles. The molecule has 0 spiro atoms. The minimum absolute atomic E-state index is 0.147. The van der Waals surface area contributed by atoms with E-state index in [1.165, 1.54) is 6.20 Å². The van der Waals surface area contributed by atoms with Crippen LogP contribution in [0.1, 0.15) is 5.56 Å². The summed E-state index contributed by atoms with van der Waals surface area (Å²) in [5.74, 6) is -0.488. The summed E-state index contributed by atoms with van der Waals surface area (Å²) in [6.07, 6.45) is -3.35. The lowest BCUT2D eigenvalue weighted by Crippen LogP contribution is -2.17. The first kappa shape index (κ1) is 20.0. The molecule has 28 heavy (non-hydrogen) atoms. The standard InChI is InChI=1S/C19H17F3N2O3S/c1-23-12-14-11-18(15-5-3-2-4-6-15)24(13-14)28(25,26)17-9-7-16(8-10-17)27-19(20,21)22/h2-11,13,23H,12H2,1H3. The lowest BCUT2D eigenvalue weighted by molar-refractivity contribution is -0.274. The predicted molar refractivity (Wildman–Crippen MR) is 98.3 cm³/mol. The van der Waals surface area contributed by atoms with Crippen molar-refractivity contribution < 1.29 is 26.3 Å². The molecule has 148 valence electrons. The van der Waals surface area contributed by atoms with E-state index in [9.17, 15) is 21.6 Å². The predicted octanol–water partition coefficient (Wildman–Crippen LogP) is 4.01. The number of rotatable bonds is 6. The fourth-order valence-corrected chi connectivity index (χ4v) is 4.14. The number of aromatic nitrogens is 1. The van der Waals surface area contributed by atoms with E-state index in [4.69, 9.17) is 0 Å². The Bertz CT molecular complexity index is 1040. The molecule has 0 amide bonds. The zero-order valence-electron chi connectivity index (χ0n) is 14.8. The highest BCUT2D eigenvalue weighted by molar-refractivity contribution is 7.90. The number of alkyl halides is 3. The van der Waals surface area contributed by atoms with Gasteiger partial charge in [-0.05, 0) is 48.5 Å². The molecular weight excluding hydrogens is 393 g/mol. The van der Waals surface area contributed by atoms with Gasteiger partial charge in [0, 0.05) is 12.7 Å². The molecule has 1 aromatic heterocycles. The quantitative estimate of drug-likeness (QED) is 0.667. The number of nitrogens with one attached hydrogen (secondary N) is 1. The molecule has 9 heteroatoms. The van der Waals surface area contributed by atoms with E-state index < -0.39 is 22.1 Å². The zero-order chi connectivity index (χ0) is 20.4. The average Bonchev–Trinajstić information content (AvgIpc) is 3.07. The Labute approximate surface area is 160 Å². The number of benzene rings is 2. The van der Waals surface area contributed by atoms with Crippen LogP contribution in [0.15, 0.2) is 71.8 Å². The van der Waals surface area contributed by atoms with Gasteiger partial charge in [-0.3, -0.25) is 0 Å². The Morgan fingerprint density at radius 3 is 2.25 bits per heavy atom. The Morgan fingerprint density at radius 2 is 1.68 bits per heavy atom. The van der Waals surface area contributed by atoms with Gasteiger partial charge >= 0.3 is 6.36 Å². The summed E-state index contributed by atoms with van der Waals surface area (Å²) < 4.78 is 68.1. The first-order valence-corrected chi connectivity index (χ1v) is 9.67. The van der Waals surface area contributed by atoms with E-state index >= 15 is 0 Å². The first-order valence-electron chi connectivity index (χ1n) is 8.23. The average molecular weight is 410 g/mol. The Hall–Kier alpha value is -2.78. The summed E-state index contributed by atoms with van der Waals surface area (Å²) in [6, 6.07) is 14.8. The van der Waals surface area contributed by atoms with Crippen molar-refractivity contribution in [1.82, 2.24) is 9.29 Å². The Balaban J connectivity index is 2.04. The molecule has 0 aliphatic heterocycles. The topological polar surface area (TPSA) is 60.3 Å². The van der Waals surface area contributed by atoms with E-state index in [0.29, 0.717) is 17.8 Å². The second-order valence-electron chi connectivity index (χ2n) is 5.95. The number of hydrogen-bond donors (Lipinski definition) is 1. The molecule has 2 aromatic carbocycles. The van der Waals surface area contributed by atoms with Gasteiger partial charge in [0.25, 0.3) is 10.0 Å². The van der Waals surface area contributed by atoms with E-state index in [2.05, 4.69) is 10.1 Å². The molecular formula is C19H17F3N2O3S. The molecule has 0 atom stereocenters. The van der Waals surface area contributed by atoms with Crippen molar-refractivity contribution in [3.8, 4) is 17.0 Å². The molecule has 3 aromatic rings. The molecule has 1 N–H and O–H groups in total. The Morgan fingerprint density at radius 1 is 1.04 bits per heavy atom. The van der Waals surface area contributed by atoms with Crippen LogP contribution >= 0.6 is 0 Å². The largest absolute Gasteiger partial charge is 0.573 e. The minimum atomic E-state index is -4.84. The molecule has 0 aliphatic carbocycles. The van der Waals surface area contributed by atoms with Crippen LogP contribution < -0.4 is 10.1 Å². The number of halogens is 3. The van der Waals surface area contributed by atoms with Gasteiger partial charge in [-0.1, -0.05) is 30.3 Å². The van der Waals surface area contributed by atoms with Crippen molar-refractivity contribution in [2.45, 2.75) is 17.8 Å². The SMILES string of the molecule is CNCc1cc(-c2ccccc2)n(S(=O)(=O)c2ccc(OC(F)(F)F)cc2)c1. The fraction of sp³-hybridized carbons (Fsp3) is 0.158. The van der Waals surface area contributed by atoms with Crippen LogP contribution in [0.25, 0.3) is 11.3 Å². The fourth-order valence-electron chi connectivity index (χ4n) is 2.74. The minimum Gasteiger partial charge on any atom is -0.406 e. The molecule has 3 rings (SSSR count). The monoisotopic (exact) mass is 410 g/mol. The summed E-state index contributed by atoms with van der Waals surface area (Å²) in [4.78, 5) is -0.147. The van der Waals surface area contributed by atoms with Crippen LogP contribution in [0.4, 0.5) is 13.2 Å². The van der Waals surface area contributed by atoms with Gasteiger partial charge in [-0.2, -0.15) is 0 Å². The van der Waals surface area contributed by atoms with Crippen LogP contribution in [0.3, 0.4) is 0 Å². The molecule has 0 aliphatic rings. The van der Waals surface area contributed by atoms with Crippen molar-refractivity contribution in [3.63, 3.8) is 0 Å². The van der Waals surface area contributed by atoms with Gasteiger partial charge in [0.15, 0.2) is 0 Å². The van der Waals surface area contributed by atoms with Crippen LogP contribution in [0.5, 0.6) is 5.75 Å². The van der Waals surface area contributed by atoms with Gasteiger partial charge in [0.1, 0.15) is 5.75 Å². The maximum Gasteiger partial charge on any atom is 0.573 e. The highest BCUT2D eigenvalue weighted by atomic mass is 32.2. The number of hydrogen-bond acceptors (Lipinski definition) is 4. The lowest BCUT2D eigenvalue weighted by Gasteiger charge is -2.12. The third kappa shape index (κ3) is 4.37. The first-order chi connectivity index (χ1) is 13.2. The van der Waals surface area contributed by atoms with Gasteiger partial charge in [0.05, 0.1) is 10.6 Å². The maximum absolute atomic E-state index is 13.1. The van der Waals surface area contributed by atoms with Crippen molar-refractivity contribution in [2.75, 3.05) is 7.05 Å². The van der Waals surface area contributed by atoms with Gasteiger partial charge < -0.3 is 10.1 Å². The molecule has 5 nitrogen and oxygen atoms in total. The highest BCUT2D eigenvalue weighted by Gasteiger charge is 2.31. The van der Waals surface area contributed by atoms with Crippen LogP contribution in [-0.2, 0) is 16.6 Å². The summed E-state index contributed by atoms with van der Waals surface area (Å²) >= 11 is 0. The lowest BCUT2D eigenvalue weighted by atomic mass is 10.1. The van der Waals surface area contributed by atoms with Gasteiger partial charge in [-0.25, -0.2) is 12.4 Å². The summed E-state index contributed by atoms with van der Waals surface area (Å²) in [5.41, 5.74) is 1.91. The van der Waals surface area contributed by atoms with E-state index in [-0.39, 0.29) is 4.90 Å². The van der Waals surface area contributed by atoms with E-state index in [0.717, 1.165) is 33.8 Å². The zero-order valence-corrected chi connectivity index (χ0v) is 15.6. The summed E-state index contributed by atoms with van der Waals surface area (Å²) in [5, 5.41) is 2.97. The normalized spacial score (nSPS) is 12.1. The molecule has 0 unspecified atom stereocenters. The molecule has 0 bridgehead atoms. The highest BCUT2D eigenvalue weighted by Crippen LogP contribution is 2.29. The Kier molecular flexibility index (Phi) is 5.48. The second-order valence-corrected chi connectivity index (χ2v) is 7.76. The van der Waals surface area contributed by atoms with Gasteiger partial charge in [0.2, 0.25) is 0 Å². The summed E-state index contributed by atoms with van der Waals surface area (Å²) in [7, 11) is -2.28. The van der Waals surface area contributed by atoms with Gasteiger partial charge in [-0.15, -0.1) is 13.2 Å². The van der Waals surface area contributed by atoms with Crippen LogP contribution in [0, 0.1) is 0 Å². The second kappa shape index (κ2) is 7.69. The van der Waals surface area contributed by atoms with E-state index in [1.54, 1.807) is 37.4 Å². The van der Waals surface area contributed by atoms with Crippen LogP contribution in [0.2, 0.25) is 0 Å². The maximum atomic E-state index is 13.1. The van der Waals surface area contributed by atoms with E-state index in [1.807, 2.05) is 6.07 Å². The smallest absolute Gasteiger partial charge is 0.406 e.